The molecule has 0 spiro atoms. The van der Waals surface area contributed by atoms with Crippen LogP contribution in [0.25, 0.3) is 0 Å². The van der Waals surface area contributed by atoms with Gasteiger partial charge in [-0.2, -0.15) is 0 Å². The minimum absolute atomic E-state index is 0.228. The normalized spacial score (nSPS) is 12.4. The summed E-state index contributed by atoms with van der Waals surface area (Å²) in [6, 6.07) is 9.69. The van der Waals surface area contributed by atoms with Gasteiger partial charge in [0, 0.05) is 6.04 Å². The second kappa shape index (κ2) is 7.88. The lowest BCUT2D eigenvalue weighted by molar-refractivity contribution is 0.0490. The Labute approximate surface area is 110 Å². The van der Waals surface area contributed by atoms with Gasteiger partial charge in [0.15, 0.2) is 0 Å². The van der Waals surface area contributed by atoms with E-state index in [1.54, 1.807) is 12.1 Å². The molecule has 1 aromatic rings. The smallest absolute Gasteiger partial charge is 0.338 e. The van der Waals surface area contributed by atoms with Gasteiger partial charge in [-0.25, -0.2) is 4.79 Å². The van der Waals surface area contributed by atoms with E-state index >= 15 is 0 Å². The lowest BCUT2D eigenvalue weighted by Crippen LogP contribution is -2.27. The number of nitrogens with zero attached hydrogens (tertiary/aromatic N) is 1. The van der Waals surface area contributed by atoms with Gasteiger partial charge in [0.2, 0.25) is 0 Å². The molecule has 0 saturated heterocycles. The molecule has 0 aliphatic carbocycles. The number of rotatable bonds is 7. The Hall–Kier alpha value is -1.35. The highest BCUT2D eigenvalue weighted by molar-refractivity contribution is 5.89. The zero-order valence-electron chi connectivity index (χ0n) is 11.6. The molecule has 0 fully saturated rings. The summed E-state index contributed by atoms with van der Waals surface area (Å²) < 4.78 is 5.25. The van der Waals surface area contributed by atoms with Crippen molar-refractivity contribution in [1.82, 2.24) is 4.90 Å². The first-order chi connectivity index (χ1) is 8.65. The largest absolute Gasteiger partial charge is 0.462 e. The molecular weight excluding hydrogens is 226 g/mol. The van der Waals surface area contributed by atoms with Gasteiger partial charge in [0.05, 0.1) is 12.2 Å². The van der Waals surface area contributed by atoms with Gasteiger partial charge in [0.25, 0.3) is 0 Å². The van der Waals surface area contributed by atoms with Crippen LogP contribution in [0, 0.1) is 0 Å². The second-order valence-corrected chi connectivity index (χ2v) is 4.67. The number of hydrogen-bond donors (Lipinski definition) is 0. The van der Waals surface area contributed by atoms with E-state index in [2.05, 4.69) is 25.9 Å². The highest BCUT2D eigenvalue weighted by Gasteiger charge is 2.09. The van der Waals surface area contributed by atoms with E-state index in [9.17, 15) is 4.79 Å². The molecule has 100 valence electrons. The van der Waals surface area contributed by atoms with E-state index in [0.29, 0.717) is 18.2 Å². The average Bonchev–Trinajstić information content (AvgIpc) is 2.39. The second-order valence-electron chi connectivity index (χ2n) is 4.67. The Bertz CT molecular complexity index is 349. The molecule has 0 saturated carbocycles. The highest BCUT2D eigenvalue weighted by Crippen LogP contribution is 2.08. The molecule has 3 heteroatoms. The third-order valence-corrected chi connectivity index (χ3v) is 3.13. The minimum Gasteiger partial charge on any atom is -0.462 e. The van der Waals surface area contributed by atoms with Crippen LogP contribution in [0.2, 0.25) is 0 Å². The number of carbonyl (C=O) groups excluding carboxylic acids is 1. The van der Waals surface area contributed by atoms with Crippen LogP contribution in [0.15, 0.2) is 30.3 Å². The summed E-state index contributed by atoms with van der Waals surface area (Å²) in [6.45, 7) is 2.68. The number of hydrogen-bond acceptors (Lipinski definition) is 3. The lowest BCUT2D eigenvalue weighted by Gasteiger charge is -2.22. The van der Waals surface area contributed by atoms with E-state index < -0.39 is 0 Å². The number of benzene rings is 1. The Morgan fingerprint density at radius 3 is 2.50 bits per heavy atom. The van der Waals surface area contributed by atoms with Crippen molar-refractivity contribution in [2.45, 2.75) is 32.2 Å². The molecule has 1 rings (SSSR count). The summed E-state index contributed by atoms with van der Waals surface area (Å²) in [7, 11) is 4.17. The Morgan fingerprint density at radius 2 is 1.94 bits per heavy atom. The van der Waals surface area contributed by atoms with Crippen molar-refractivity contribution < 1.29 is 9.53 Å². The molecule has 0 aliphatic heterocycles. The van der Waals surface area contributed by atoms with Crippen LogP contribution in [0.5, 0.6) is 0 Å². The fraction of sp³-hybridized carbons (Fsp3) is 0.533. The third-order valence-electron chi connectivity index (χ3n) is 3.13. The van der Waals surface area contributed by atoms with Crippen molar-refractivity contribution in [2.75, 3.05) is 20.7 Å². The number of ether oxygens (including phenoxy) is 1. The van der Waals surface area contributed by atoms with Gasteiger partial charge >= 0.3 is 5.97 Å². The molecule has 3 nitrogen and oxygen atoms in total. The highest BCUT2D eigenvalue weighted by atomic mass is 16.5. The van der Waals surface area contributed by atoms with Crippen molar-refractivity contribution in [2.24, 2.45) is 0 Å². The maximum Gasteiger partial charge on any atom is 0.338 e. The molecule has 18 heavy (non-hydrogen) atoms. The van der Waals surface area contributed by atoms with Crippen LogP contribution in [0.1, 0.15) is 36.5 Å². The summed E-state index contributed by atoms with van der Waals surface area (Å²) in [5, 5.41) is 0. The van der Waals surface area contributed by atoms with Crippen LogP contribution in [-0.2, 0) is 4.74 Å². The first-order valence-electron chi connectivity index (χ1n) is 6.53. The zero-order valence-corrected chi connectivity index (χ0v) is 11.6. The van der Waals surface area contributed by atoms with E-state index in [1.807, 2.05) is 18.2 Å². The van der Waals surface area contributed by atoms with Gasteiger partial charge in [-0.05, 0) is 45.5 Å². The molecule has 0 N–H and O–H groups in total. The van der Waals surface area contributed by atoms with Gasteiger partial charge in [-0.3, -0.25) is 0 Å². The van der Waals surface area contributed by atoms with Gasteiger partial charge in [-0.1, -0.05) is 25.1 Å². The summed E-state index contributed by atoms with van der Waals surface area (Å²) in [4.78, 5) is 13.9. The molecule has 1 unspecified atom stereocenters. The molecular formula is C15H23NO2. The standard InChI is InChI=1S/C15H23NO2/c1-4-14(16(2)3)11-8-12-18-15(17)13-9-6-5-7-10-13/h5-7,9-10,14H,4,8,11-12H2,1-3H3. The van der Waals surface area contributed by atoms with Crippen molar-refractivity contribution in [3.8, 4) is 0 Å². The van der Waals surface area contributed by atoms with Crippen molar-refractivity contribution in [3.05, 3.63) is 35.9 Å². The first-order valence-corrected chi connectivity index (χ1v) is 6.53. The van der Waals surface area contributed by atoms with Crippen molar-refractivity contribution in [1.29, 1.82) is 0 Å². The third kappa shape index (κ3) is 4.88. The topological polar surface area (TPSA) is 29.5 Å². The zero-order chi connectivity index (χ0) is 13.4. The quantitative estimate of drug-likeness (QED) is 0.549. The SMILES string of the molecule is CCC(CCCOC(=O)c1ccccc1)N(C)C. The van der Waals surface area contributed by atoms with E-state index in [1.165, 1.54) is 0 Å². The van der Waals surface area contributed by atoms with Crippen molar-refractivity contribution in [3.63, 3.8) is 0 Å². The fourth-order valence-electron chi connectivity index (χ4n) is 1.97. The van der Waals surface area contributed by atoms with E-state index in [4.69, 9.17) is 4.74 Å². The van der Waals surface area contributed by atoms with Crippen molar-refractivity contribution >= 4 is 5.97 Å². The van der Waals surface area contributed by atoms with Gasteiger partial charge < -0.3 is 9.64 Å². The monoisotopic (exact) mass is 249 g/mol. The molecule has 0 heterocycles. The predicted molar refractivity (Wildman–Crippen MR) is 73.7 cm³/mol. The first kappa shape index (κ1) is 14.7. The molecule has 0 radical (unpaired) electrons. The van der Waals surface area contributed by atoms with E-state index in [-0.39, 0.29) is 5.97 Å². The molecule has 0 amide bonds. The molecule has 0 aliphatic rings. The summed E-state index contributed by atoms with van der Waals surface area (Å²) in [5.41, 5.74) is 0.622. The number of carbonyl (C=O) groups is 1. The Kier molecular flexibility index (Phi) is 6.44. The van der Waals surface area contributed by atoms with Crippen LogP contribution >= 0.6 is 0 Å². The van der Waals surface area contributed by atoms with Crippen LogP contribution in [0.3, 0.4) is 0 Å². The summed E-state index contributed by atoms with van der Waals surface area (Å²) in [6.07, 6.45) is 3.10. The molecule has 0 bridgehead atoms. The van der Waals surface area contributed by atoms with Crippen LogP contribution < -0.4 is 0 Å². The van der Waals surface area contributed by atoms with Crippen LogP contribution in [-0.4, -0.2) is 37.6 Å². The molecule has 0 aromatic heterocycles. The molecule has 1 aromatic carbocycles. The summed E-state index contributed by atoms with van der Waals surface area (Å²) in [5.74, 6) is -0.228. The Morgan fingerprint density at radius 1 is 1.28 bits per heavy atom. The average molecular weight is 249 g/mol. The lowest BCUT2D eigenvalue weighted by atomic mass is 10.1. The predicted octanol–water partition coefficient (Wildman–Crippen LogP) is 2.96. The van der Waals surface area contributed by atoms with Gasteiger partial charge in [0.1, 0.15) is 0 Å². The maximum absolute atomic E-state index is 11.7. The van der Waals surface area contributed by atoms with Crippen LogP contribution in [0.4, 0.5) is 0 Å². The maximum atomic E-state index is 11.7. The summed E-state index contributed by atoms with van der Waals surface area (Å²) >= 11 is 0. The van der Waals surface area contributed by atoms with E-state index in [0.717, 1.165) is 19.3 Å². The minimum atomic E-state index is -0.228. The number of esters is 1. The van der Waals surface area contributed by atoms with Gasteiger partial charge in [-0.15, -0.1) is 0 Å². The Balaban J connectivity index is 2.24. The molecule has 1 atom stereocenters. The fourth-order valence-corrected chi connectivity index (χ4v) is 1.97.